The molecule has 0 bridgehead atoms. The van der Waals surface area contributed by atoms with Gasteiger partial charge in [-0.25, -0.2) is 4.79 Å². The van der Waals surface area contributed by atoms with Gasteiger partial charge in [0.15, 0.2) is 0 Å². The van der Waals surface area contributed by atoms with Crippen molar-refractivity contribution in [2.75, 3.05) is 0 Å². The zero-order valence-corrected chi connectivity index (χ0v) is 2.97. The first-order valence-electron chi connectivity index (χ1n) is 1.94. The number of hydrogen-bond donors (Lipinski definition) is 1. The number of hydrogen-bond acceptors (Lipinski definition) is 2. The van der Waals surface area contributed by atoms with Crippen LogP contribution in [0.25, 0.3) is 0 Å². The number of ketones is 1. The van der Waals surface area contributed by atoms with E-state index in [0.717, 1.165) is 0 Å². The van der Waals surface area contributed by atoms with E-state index in [1.165, 1.54) is 0 Å². The Labute approximate surface area is 36.0 Å². The minimum atomic E-state index is -1.53. The minimum absolute atomic E-state index is 0.671. The number of aliphatic carboxylic acids is 1. The van der Waals surface area contributed by atoms with Crippen LogP contribution in [0.1, 0.15) is 8.27 Å². The van der Waals surface area contributed by atoms with Crippen LogP contribution < -0.4 is 0 Å². The molecule has 0 heterocycles. The summed E-state index contributed by atoms with van der Waals surface area (Å²) >= 11 is 0. The van der Waals surface area contributed by atoms with E-state index in [4.69, 9.17) is 6.48 Å². The lowest BCUT2D eigenvalue weighted by Crippen LogP contribution is -2.05. The van der Waals surface area contributed by atoms with E-state index in [-0.39, 0.29) is 0 Å². The molecule has 0 aromatic carbocycles. The van der Waals surface area contributed by atoms with E-state index in [2.05, 4.69) is 0 Å². The van der Waals surface area contributed by atoms with Crippen molar-refractivity contribution >= 4 is 11.8 Å². The fraction of sp³-hybridized carbons (Fsp3) is 0.333. The van der Waals surface area contributed by atoms with Crippen LogP contribution in [0.3, 0.4) is 0 Å². The predicted octanol–water partition coefficient (Wildman–Crippen LogP) is -0.340. The van der Waals surface area contributed by atoms with Crippen LogP contribution in [0.4, 0.5) is 0 Å². The maximum Gasteiger partial charge on any atom is 0.371 e. The van der Waals surface area contributed by atoms with E-state index >= 15 is 0 Å². The van der Waals surface area contributed by atoms with Gasteiger partial charge in [0.25, 0.3) is 0 Å². The molecule has 3 heteroatoms. The van der Waals surface area contributed by atoms with Gasteiger partial charge in [0.05, 0.1) is 0 Å². The van der Waals surface area contributed by atoms with Crippen molar-refractivity contribution in [1.29, 1.82) is 0 Å². The molecule has 1 N–H and O–H groups in total. The molecule has 0 atom stereocenters. The Morgan fingerprint density at radius 3 is 2.33 bits per heavy atom. The van der Waals surface area contributed by atoms with Crippen molar-refractivity contribution in [2.45, 2.75) is 6.90 Å². The van der Waals surface area contributed by atoms with E-state index in [1.54, 1.807) is 0 Å². The molecule has 0 radical (unpaired) electrons. The van der Waals surface area contributed by atoms with Gasteiger partial charge >= 0.3 is 5.97 Å². The van der Waals surface area contributed by atoms with Crippen LogP contribution in [0, 0.1) is 0 Å². The molecule has 0 aliphatic rings. The quantitative estimate of drug-likeness (QED) is 0.447. The monoisotopic (exact) mass is 89.0 g/mol. The first kappa shape index (κ1) is 3.33. The molecule has 0 spiro atoms. The third-order valence-corrected chi connectivity index (χ3v) is 0.239. The fourth-order valence-corrected chi connectivity index (χ4v) is 0. The molecule has 3 nitrogen and oxygen atoms in total. The summed E-state index contributed by atoms with van der Waals surface area (Å²) in [4.78, 5) is 19.2. The average molecular weight is 89.1 g/mol. The molecule has 0 saturated carbocycles. The zero-order valence-electron chi connectivity index (χ0n) is 3.97. The summed E-state index contributed by atoms with van der Waals surface area (Å²) in [7, 11) is 0. The van der Waals surface area contributed by atoms with Gasteiger partial charge in [0.1, 0.15) is 0 Å². The van der Waals surface area contributed by atoms with E-state index in [0.29, 0.717) is 0 Å². The second-order valence-corrected chi connectivity index (χ2v) is 0.728. The van der Waals surface area contributed by atoms with Gasteiger partial charge in [-0.05, 0) is 0 Å². The normalized spacial score (nSPS) is 9.67. The summed E-state index contributed by atoms with van der Waals surface area (Å²) in [6.45, 7) is -0.671. The lowest BCUT2D eigenvalue weighted by Gasteiger charge is -1.73. The van der Waals surface area contributed by atoms with Gasteiger partial charge in [0, 0.05) is 8.27 Å². The first-order valence-corrected chi connectivity index (χ1v) is 1.24. The number of carbonyl (C=O) groups is 2. The smallest absolute Gasteiger partial charge is 0.371 e. The van der Waals surface area contributed by atoms with E-state index < -0.39 is 18.7 Å². The summed E-state index contributed by atoms with van der Waals surface area (Å²) in [6.07, 6.45) is 0. The summed E-state index contributed by atoms with van der Waals surface area (Å²) < 4.78 is 6.21. The van der Waals surface area contributed by atoms with Crippen molar-refractivity contribution in [3.63, 3.8) is 0 Å². The number of carbonyl (C=O) groups excluding carboxylic acids is 1. The third-order valence-electron chi connectivity index (χ3n) is 0.239. The number of carboxylic acid groups (broad SMARTS) is 1. The molecule has 0 aromatic rings. The largest absolute Gasteiger partial charge is 0.476 e. The summed E-state index contributed by atoms with van der Waals surface area (Å²) in [5.41, 5.74) is 0. The van der Waals surface area contributed by atoms with Crippen molar-refractivity contribution in [3.8, 4) is 0 Å². The molecule has 34 valence electrons. The highest BCUT2D eigenvalue weighted by Gasteiger charge is 1.98. The van der Waals surface area contributed by atoms with Crippen LogP contribution in [-0.2, 0) is 9.59 Å². The molecule has 0 aliphatic heterocycles. The summed E-state index contributed by atoms with van der Waals surface area (Å²) in [5.74, 6) is -2.60. The molecule has 0 saturated heterocycles. The molecule has 0 amide bonds. The Kier molecular flexibility index (Phi) is 0.859. The van der Waals surface area contributed by atoms with Gasteiger partial charge in [-0.2, -0.15) is 0 Å². The molecule has 0 aromatic heterocycles. The Morgan fingerprint density at radius 1 is 1.83 bits per heavy atom. The van der Waals surface area contributed by atoms with Crippen LogP contribution in [0.5, 0.6) is 0 Å². The van der Waals surface area contributed by atoms with Crippen molar-refractivity contribution in [3.05, 3.63) is 0 Å². The second kappa shape index (κ2) is 1.55. The Morgan fingerprint density at radius 2 is 2.33 bits per heavy atom. The highest BCUT2D eigenvalue weighted by molar-refractivity contribution is 6.31. The molecule has 0 fully saturated rings. The molecule has 6 heavy (non-hydrogen) atoms. The topological polar surface area (TPSA) is 54.4 Å². The van der Waals surface area contributed by atoms with Gasteiger partial charge < -0.3 is 5.11 Å². The lowest BCUT2D eigenvalue weighted by atomic mass is 10.5. The Balaban J connectivity index is 3.58. The minimum Gasteiger partial charge on any atom is -0.476 e. The highest BCUT2D eigenvalue weighted by Crippen LogP contribution is 1.61. The molecule has 0 unspecified atom stereocenters. The Bertz CT molecular complexity index is 98.4. The zero-order chi connectivity index (χ0) is 5.86. The summed E-state index contributed by atoms with van der Waals surface area (Å²) in [5, 5.41) is 7.71. The average Bonchev–Trinajstić information content (AvgIpc) is 1.65. The molecule has 0 rings (SSSR count). The van der Waals surface area contributed by atoms with Crippen molar-refractivity contribution < 1.29 is 16.1 Å². The van der Waals surface area contributed by atoms with Crippen LogP contribution in [0.2, 0.25) is 0 Å². The van der Waals surface area contributed by atoms with Crippen LogP contribution >= 0.6 is 0 Å². The van der Waals surface area contributed by atoms with Gasteiger partial charge in [-0.3, -0.25) is 4.79 Å². The van der Waals surface area contributed by atoms with E-state index in [1.807, 2.05) is 0 Å². The number of Topliss-reactive ketones (excluding diaryl/α,β-unsaturated/α-hetero) is 1. The van der Waals surface area contributed by atoms with Gasteiger partial charge in [0.2, 0.25) is 5.78 Å². The molecular weight excluding hydrogens is 84.0 g/mol. The van der Waals surface area contributed by atoms with Gasteiger partial charge in [-0.15, -0.1) is 0 Å². The highest BCUT2D eigenvalue weighted by atomic mass is 16.4. The fourth-order valence-electron chi connectivity index (χ4n) is 0. The molecule has 0 aliphatic carbocycles. The number of carboxylic acids is 1. The van der Waals surface area contributed by atoms with Crippen molar-refractivity contribution in [1.82, 2.24) is 0 Å². The second-order valence-electron chi connectivity index (χ2n) is 0.728. The predicted molar refractivity (Wildman–Crippen MR) is 18.3 cm³/mol. The summed E-state index contributed by atoms with van der Waals surface area (Å²) in [6, 6.07) is 0. The lowest BCUT2D eigenvalue weighted by molar-refractivity contribution is -0.148. The van der Waals surface area contributed by atoms with E-state index in [9.17, 15) is 9.59 Å². The van der Waals surface area contributed by atoms with Crippen LogP contribution in [-0.4, -0.2) is 16.9 Å². The van der Waals surface area contributed by atoms with Gasteiger partial charge in [-0.1, -0.05) is 0 Å². The SMILES string of the molecule is [2H]CC(=O)C(=O)O. The maximum atomic E-state index is 9.72. The Hall–Kier alpha value is -0.860. The standard InChI is InChI=1S/C3H4O3/c1-2(4)3(5)6/h1H3,(H,5,6)/i1D. The maximum absolute atomic E-state index is 9.72. The number of rotatable bonds is 1. The third kappa shape index (κ3) is 1.46. The molecular formula is C3H4O3. The van der Waals surface area contributed by atoms with Crippen molar-refractivity contribution in [2.24, 2.45) is 0 Å². The van der Waals surface area contributed by atoms with Crippen LogP contribution in [0.15, 0.2) is 0 Å². The first-order chi connectivity index (χ1) is 3.18.